The van der Waals surface area contributed by atoms with Crippen LogP contribution in [-0.2, 0) is 0 Å². The normalized spacial score (nSPS) is 13.1. The lowest BCUT2D eigenvalue weighted by Gasteiger charge is -2.04. The molecule has 8 nitrogen and oxygen atoms in total. The molecule has 0 unspecified atom stereocenters. The molecule has 0 bridgehead atoms. The molecule has 5 rings (SSSR count). The molecule has 0 amide bonds. The number of nitro benzene ring substituents is 1. The van der Waals surface area contributed by atoms with Crippen LogP contribution in [0.3, 0.4) is 0 Å². The van der Waals surface area contributed by atoms with E-state index in [9.17, 15) is 14.5 Å². The molecule has 4 aromatic rings. The van der Waals surface area contributed by atoms with Crippen molar-refractivity contribution >= 4 is 28.9 Å². The van der Waals surface area contributed by atoms with E-state index in [1.54, 1.807) is 16.8 Å². The van der Waals surface area contributed by atoms with Gasteiger partial charge in [-0.3, -0.25) is 10.1 Å². The fourth-order valence-corrected chi connectivity index (χ4v) is 4.11. The first kappa shape index (κ1) is 20.6. The lowest BCUT2D eigenvalue weighted by molar-refractivity contribution is -0.385. The second-order valence-corrected chi connectivity index (χ2v) is 7.77. The number of fused-ring (bicyclic) bond motifs is 1. The first-order valence-electron chi connectivity index (χ1n) is 9.77. The summed E-state index contributed by atoms with van der Waals surface area (Å²) in [7, 11) is 0. The van der Waals surface area contributed by atoms with E-state index in [1.807, 2.05) is 35.7 Å². The third-order valence-corrected chi connectivity index (χ3v) is 5.65. The molecule has 164 valence electrons. The molecule has 0 atom stereocenters. The number of thiazole rings is 1. The zero-order valence-corrected chi connectivity index (χ0v) is 17.7. The molecule has 0 saturated carbocycles. The lowest BCUT2D eigenvalue weighted by Crippen LogP contribution is -2.11. The van der Waals surface area contributed by atoms with Gasteiger partial charge in [0.05, 0.1) is 34.1 Å². The van der Waals surface area contributed by atoms with E-state index in [1.165, 1.54) is 41.8 Å². The maximum absolute atomic E-state index is 13.3. The Morgan fingerprint density at radius 2 is 1.79 bits per heavy atom. The maximum atomic E-state index is 13.3. The zero-order valence-electron chi connectivity index (χ0n) is 16.9. The highest BCUT2D eigenvalue weighted by Gasteiger charge is 2.22. The third kappa shape index (κ3) is 4.23. The topological polar surface area (TPSA) is 91.2 Å². The largest absolute Gasteiger partial charge is 0.454 e. The number of aromatic nitrogens is 1. The van der Waals surface area contributed by atoms with E-state index in [0.29, 0.717) is 22.0 Å². The quantitative estimate of drug-likeness (QED) is 0.234. The number of rotatable bonds is 5. The summed E-state index contributed by atoms with van der Waals surface area (Å²) >= 11 is 1.35. The number of hydrogen-bond acceptors (Lipinski definition) is 7. The summed E-state index contributed by atoms with van der Waals surface area (Å²) in [4.78, 5) is 16.2. The number of hydrogen-bond donors (Lipinski definition) is 0. The van der Waals surface area contributed by atoms with Crippen LogP contribution >= 0.6 is 11.3 Å². The van der Waals surface area contributed by atoms with Gasteiger partial charge in [-0.15, -0.1) is 11.3 Å². The summed E-state index contributed by atoms with van der Waals surface area (Å²) in [6.07, 6.45) is 1.39. The summed E-state index contributed by atoms with van der Waals surface area (Å²) < 4.78 is 25.5. The predicted octanol–water partition coefficient (Wildman–Crippen LogP) is 5.11. The SMILES string of the molecule is O=[N+]([O-])c1cc2c(cc1C=Nn1c(-c3ccccc3)csc1=Nc1ccc(F)cc1)OCO2. The molecule has 1 aliphatic heterocycles. The van der Waals surface area contributed by atoms with Crippen molar-refractivity contribution in [2.24, 2.45) is 10.1 Å². The van der Waals surface area contributed by atoms with E-state index in [0.717, 1.165) is 11.3 Å². The Morgan fingerprint density at radius 1 is 1.06 bits per heavy atom. The van der Waals surface area contributed by atoms with Crippen LogP contribution in [-0.4, -0.2) is 22.6 Å². The number of nitro groups is 1. The fraction of sp³-hybridized carbons (Fsp3) is 0.0435. The molecular weight excluding hydrogens is 447 g/mol. The zero-order chi connectivity index (χ0) is 22.8. The summed E-state index contributed by atoms with van der Waals surface area (Å²) in [5.74, 6) is 0.377. The Balaban J connectivity index is 1.64. The van der Waals surface area contributed by atoms with Crippen molar-refractivity contribution in [2.75, 3.05) is 6.79 Å². The van der Waals surface area contributed by atoms with Crippen LogP contribution in [0.5, 0.6) is 11.5 Å². The van der Waals surface area contributed by atoms with Gasteiger partial charge in [0, 0.05) is 10.9 Å². The van der Waals surface area contributed by atoms with Crippen LogP contribution in [0.2, 0.25) is 0 Å². The molecule has 1 aromatic heterocycles. The summed E-state index contributed by atoms with van der Waals surface area (Å²) in [6, 6.07) is 18.2. The molecule has 1 aliphatic rings. The van der Waals surface area contributed by atoms with Gasteiger partial charge in [0.1, 0.15) is 5.82 Å². The molecule has 10 heteroatoms. The van der Waals surface area contributed by atoms with Crippen LogP contribution in [0.1, 0.15) is 5.56 Å². The van der Waals surface area contributed by atoms with Crippen molar-refractivity contribution in [3.63, 3.8) is 0 Å². The second kappa shape index (κ2) is 8.67. The average molecular weight is 462 g/mol. The van der Waals surface area contributed by atoms with Crippen molar-refractivity contribution < 1.29 is 18.8 Å². The Morgan fingerprint density at radius 3 is 2.52 bits per heavy atom. The van der Waals surface area contributed by atoms with Crippen LogP contribution in [0, 0.1) is 15.9 Å². The number of ether oxygens (including phenoxy) is 2. The van der Waals surface area contributed by atoms with Gasteiger partial charge in [-0.25, -0.2) is 14.1 Å². The minimum absolute atomic E-state index is 0.00518. The van der Waals surface area contributed by atoms with E-state index in [4.69, 9.17) is 9.47 Å². The lowest BCUT2D eigenvalue weighted by atomic mass is 10.1. The highest BCUT2D eigenvalue weighted by atomic mass is 32.1. The number of halogens is 1. The van der Waals surface area contributed by atoms with Gasteiger partial charge in [0.2, 0.25) is 11.6 Å². The number of benzene rings is 3. The van der Waals surface area contributed by atoms with Crippen LogP contribution in [0.4, 0.5) is 15.8 Å². The van der Waals surface area contributed by atoms with Gasteiger partial charge < -0.3 is 9.47 Å². The first-order valence-corrected chi connectivity index (χ1v) is 10.6. The summed E-state index contributed by atoms with van der Waals surface area (Å²) in [5.41, 5.74) is 2.30. The van der Waals surface area contributed by atoms with Gasteiger partial charge in [0.25, 0.3) is 5.69 Å². The summed E-state index contributed by atoms with van der Waals surface area (Å²) in [6.45, 7) is 0.00518. The van der Waals surface area contributed by atoms with Crippen molar-refractivity contribution in [3.05, 3.63) is 98.4 Å². The van der Waals surface area contributed by atoms with Crippen LogP contribution < -0.4 is 14.3 Å². The average Bonchev–Trinajstić information content (AvgIpc) is 3.45. The van der Waals surface area contributed by atoms with E-state index >= 15 is 0 Å². The highest BCUT2D eigenvalue weighted by Crippen LogP contribution is 2.37. The molecule has 0 aliphatic carbocycles. The van der Waals surface area contributed by atoms with Crippen molar-refractivity contribution in [1.29, 1.82) is 0 Å². The Bertz CT molecular complexity index is 1430. The molecule has 3 aromatic carbocycles. The molecule has 0 fully saturated rings. The van der Waals surface area contributed by atoms with Gasteiger partial charge in [0.15, 0.2) is 11.5 Å². The molecule has 2 heterocycles. The number of nitrogens with zero attached hydrogens (tertiary/aromatic N) is 4. The minimum Gasteiger partial charge on any atom is -0.454 e. The summed E-state index contributed by atoms with van der Waals surface area (Å²) in [5, 5.41) is 18.0. The molecule has 0 N–H and O–H groups in total. The fourth-order valence-electron chi connectivity index (χ4n) is 3.25. The molecular formula is C23H15FN4O4S. The van der Waals surface area contributed by atoms with Gasteiger partial charge >= 0.3 is 0 Å². The van der Waals surface area contributed by atoms with Gasteiger partial charge in [-0.2, -0.15) is 5.10 Å². The van der Waals surface area contributed by atoms with Crippen LogP contribution in [0.25, 0.3) is 11.3 Å². The van der Waals surface area contributed by atoms with Crippen molar-refractivity contribution in [3.8, 4) is 22.8 Å². The van der Waals surface area contributed by atoms with E-state index in [2.05, 4.69) is 10.1 Å². The third-order valence-electron chi connectivity index (χ3n) is 4.84. The van der Waals surface area contributed by atoms with Crippen molar-refractivity contribution in [2.45, 2.75) is 0 Å². The van der Waals surface area contributed by atoms with E-state index in [-0.39, 0.29) is 23.9 Å². The standard InChI is InChI=1S/C23H15FN4O4S/c24-17-6-8-18(9-7-17)26-23-27(20(13-33-23)15-4-2-1-3-5-15)25-12-16-10-21-22(32-14-31-21)11-19(16)28(29)30/h1-13H,14H2. The highest BCUT2D eigenvalue weighted by molar-refractivity contribution is 7.07. The monoisotopic (exact) mass is 462 g/mol. The first-order chi connectivity index (χ1) is 16.1. The molecule has 0 spiro atoms. The molecule has 0 radical (unpaired) electrons. The predicted molar refractivity (Wildman–Crippen MR) is 122 cm³/mol. The Kier molecular flexibility index (Phi) is 5.41. The smallest absolute Gasteiger partial charge is 0.282 e. The molecule has 33 heavy (non-hydrogen) atoms. The van der Waals surface area contributed by atoms with Gasteiger partial charge in [-0.1, -0.05) is 30.3 Å². The molecule has 0 saturated heterocycles. The van der Waals surface area contributed by atoms with Gasteiger partial charge in [-0.05, 0) is 30.3 Å². The maximum Gasteiger partial charge on any atom is 0.282 e. The van der Waals surface area contributed by atoms with E-state index < -0.39 is 4.92 Å². The Hall–Kier alpha value is -4.31. The van der Waals surface area contributed by atoms with Crippen molar-refractivity contribution in [1.82, 2.24) is 4.68 Å². The second-order valence-electron chi connectivity index (χ2n) is 6.94. The Labute approximate surface area is 190 Å². The minimum atomic E-state index is -0.497. The van der Waals surface area contributed by atoms with Crippen LogP contribution in [0.15, 0.2) is 82.2 Å².